The van der Waals surface area contributed by atoms with Gasteiger partial charge in [-0.3, -0.25) is 9.52 Å². The molecule has 0 saturated carbocycles. The summed E-state index contributed by atoms with van der Waals surface area (Å²) in [5.74, 6) is -0.165. The first-order chi connectivity index (χ1) is 8.17. The van der Waals surface area contributed by atoms with Gasteiger partial charge in [0.15, 0.2) is 0 Å². The monoisotopic (exact) mass is 253 g/mol. The van der Waals surface area contributed by atoms with E-state index in [1.165, 1.54) is 11.1 Å². The lowest BCUT2D eigenvalue weighted by Gasteiger charge is -2.08. The van der Waals surface area contributed by atoms with Crippen molar-refractivity contribution in [1.82, 2.24) is 4.72 Å². The molecule has 0 unspecified atom stereocenters. The molecule has 0 spiro atoms. The van der Waals surface area contributed by atoms with E-state index in [1.54, 1.807) is 11.9 Å². The average Bonchev–Trinajstić information content (AvgIpc) is 2.28. The highest BCUT2D eigenvalue weighted by atomic mass is 32.2. The van der Waals surface area contributed by atoms with Crippen LogP contribution in [0.25, 0.3) is 0 Å². The molecule has 0 amide bonds. The smallest absolute Gasteiger partial charge is 0.310 e. The molecular weight excluding hydrogens is 234 g/mol. The molecule has 0 fully saturated rings. The first kappa shape index (κ1) is 14.1. The van der Waals surface area contributed by atoms with Crippen LogP contribution in [0, 0.1) is 6.92 Å². The Morgan fingerprint density at radius 1 is 1.47 bits per heavy atom. The molecule has 1 aromatic carbocycles. The quantitative estimate of drug-likeness (QED) is 0.624. The molecule has 0 saturated heterocycles. The van der Waals surface area contributed by atoms with Gasteiger partial charge in [0.05, 0.1) is 13.0 Å². The number of nitrogens with one attached hydrogen (secondary N) is 1. The van der Waals surface area contributed by atoms with Crippen LogP contribution in [-0.2, 0) is 22.5 Å². The summed E-state index contributed by atoms with van der Waals surface area (Å²) >= 11 is 1.60. The van der Waals surface area contributed by atoms with Crippen molar-refractivity contribution >= 4 is 17.9 Å². The van der Waals surface area contributed by atoms with Gasteiger partial charge in [-0.1, -0.05) is 30.1 Å². The van der Waals surface area contributed by atoms with Gasteiger partial charge in [0.2, 0.25) is 0 Å². The lowest BCUT2D eigenvalue weighted by molar-refractivity contribution is -0.142. The minimum Gasteiger partial charge on any atom is -0.466 e. The van der Waals surface area contributed by atoms with Gasteiger partial charge in [0.25, 0.3) is 0 Å². The molecule has 1 rings (SSSR count). The molecule has 0 atom stereocenters. The van der Waals surface area contributed by atoms with E-state index in [2.05, 4.69) is 17.7 Å². The van der Waals surface area contributed by atoms with E-state index in [0.29, 0.717) is 13.0 Å². The Bertz CT molecular complexity index is 380. The van der Waals surface area contributed by atoms with Crippen LogP contribution in [0.3, 0.4) is 0 Å². The summed E-state index contributed by atoms with van der Waals surface area (Å²) in [6.07, 6.45) is 2.36. The summed E-state index contributed by atoms with van der Waals surface area (Å²) in [5, 5.41) is 0. The molecule has 0 radical (unpaired) electrons. The van der Waals surface area contributed by atoms with Gasteiger partial charge >= 0.3 is 5.97 Å². The third-order valence-corrected chi connectivity index (χ3v) is 2.90. The highest BCUT2D eigenvalue weighted by Crippen LogP contribution is 2.12. The molecule has 0 bridgehead atoms. The maximum absolute atomic E-state index is 11.3. The number of carbonyl (C=O) groups excluding carboxylic acids is 1. The summed E-state index contributed by atoms with van der Waals surface area (Å²) in [6, 6.07) is 6.10. The van der Waals surface area contributed by atoms with Crippen LogP contribution in [0.2, 0.25) is 0 Å². The fourth-order valence-electron chi connectivity index (χ4n) is 1.59. The predicted octanol–water partition coefficient (Wildman–Crippen LogP) is 2.47. The second-order valence-corrected chi connectivity index (χ2v) is 4.46. The molecule has 4 heteroatoms. The standard InChI is InChI=1S/C13H19NO2S/c1-4-16-13(15)8-11-5-6-12(9-14-17-3)10(2)7-11/h5-7,14H,4,8-9H2,1-3H3. The van der Waals surface area contributed by atoms with Gasteiger partial charge in [-0.25, -0.2) is 0 Å². The highest BCUT2D eigenvalue weighted by molar-refractivity contribution is 7.96. The summed E-state index contributed by atoms with van der Waals surface area (Å²) in [6.45, 7) is 5.16. The molecule has 0 aliphatic heterocycles. The van der Waals surface area contributed by atoms with Crippen molar-refractivity contribution in [2.75, 3.05) is 12.9 Å². The zero-order valence-electron chi connectivity index (χ0n) is 10.6. The van der Waals surface area contributed by atoms with E-state index < -0.39 is 0 Å². The Kier molecular flexibility index (Phi) is 6.08. The lowest BCUT2D eigenvalue weighted by atomic mass is 10.0. The third-order valence-electron chi connectivity index (χ3n) is 2.47. The molecule has 0 aliphatic rings. The van der Waals surface area contributed by atoms with Gasteiger partial charge in [-0.05, 0) is 36.8 Å². The zero-order chi connectivity index (χ0) is 12.7. The van der Waals surface area contributed by atoms with Crippen molar-refractivity contribution in [3.05, 3.63) is 34.9 Å². The maximum atomic E-state index is 11.3. The topological polar surface area (TPSA) is 38.3 Å². The van der Waals surface area contributed by atoms with Crippen LogP contribution in [-0.4, -0.2) is 18.8 Å². The largest absolute Gasteiger partial charge is 0.466 e. The highest BCUT2D eigenvalue weighted by Gasteiger charge is 2.05. The SMILES string of the molecule is CCOC(=O)Cc1ccc(CNSC)c(C)c1. The third kappa shape index (κ3) is 4.79. The van der Waals surface area contributed by atoms with E-state index in [9.17, 15) is 4.79 Å². The van der Waals surface area contributed by atoms with E-state index in [0.717, 1.165) is 12.1 Å². The molecule has 0 aliphatic carbocycles. The first-order valence-corrected chi connectivity index (χ1v) is 6.89. The van der Waals surface area contributed by atoms with Gasteiger partial charge in [-0.2, -0.15) is 0 Å². The van der Waals surface area contributed by atoms with Crippen molar-refractivity contribution < 1.29 is 9.53 Å². The Hall–Kier alpha value is -1.00. The minimum absolute atomic E-state index is 0.165. The lowest BCUT2D eigenvalue weighted by Crippen LogP contribution is -2.08. The van der Waals surface area contributed by atoms with Crippen molar-refractivity contribution in [3.8, 4) is 0 Å². The molecule has 0 heterocycles. The van der Waals surface area contributed by atoms with Crippen LogP contribution >= 0.6 is 11.9 Å². The van der Waals surface area contributed by atoms with Gasteiger partial charge in [0, 0.05) is 6.54 Å². The van der Waals surface area contributed by atoms with Crippen LogP contribution in [0.1, 0.15) is 23.6 Å². The van der Waals surface area contributed by atoms with Crippen LogP contribution in [0.5, 0.6) is 0 Å². The number of ether oxygens (including phenoxy) is 1. The molecular formula is C13H19NO2S. The normalized spacial score (nSPS) is 10.3. The number of hydrogen-bond donors (Lipinski definition) is 1. The van der Waals surface area contributed by atoms with E-state index in [1.807, 2.05) is 25.3 Å². The Balaban J connectivity index is 2.64. The minimum atomic E-state index is -0.165. The average molecular weight is 253 g/mol. The zero-order valence-corrected chi connectivity index (χ0v) is 11.4. The fraction of sp³-hybridized carbons (Fsp3) is 0.462. The fourth-order valence-corrected chi connectivity index (χ4v) is 1.89. The molecule has 1 aromatic rings. The van der Waals surface area contributed by atoms with Crippen molar-refractivity contribution in [3.63, 3.8) is 0 Å². The number of aryl methyl sites for hydroxylation is 1. The second kappa shape index (κ2) is 7.35. The second-order valence-electron chi connectivity index (χ2n) is 3.77. The Morgan fingerprint density at radius 2 is 2.24 bits per heavy atom. The molecule has 0 aromatic heterocycles. The van der Waals surface area contributed by atoms with Crippen molar-refractivity contribution in [2.24, 2.45) is 0 Å². The molecule has 17 heavy (non-hydrogen) atoms. The maximum Gasteiger partial charge on any atom is 0.310 e. The van der Waals surface area contributed by atoms with Gasteiger partial charge < -0.3 is 4.74 Å². The number of esters is 1. The Labute approximate surface area is 107 Å². The number of benzene rings is 1. The molecule has 1 N–H and O–H groups in total. The summed E-state index contributed by atoms with van der Waals surface area (Å²) < 4.78 is 8.14. The van der Waals surface area contributed by atoms with E-state index in [-0.39, 0.29) is 5.97 Å². The molecule has 94 valence electrons. The number of carbonyl (C=O) groups is 1. The number of rotatable bonds is 6. The van der Waals surface area contributed by atoms with Crippen LogP contribution in [0.15, 0.2) is 18.2 Å². The first-order valence-electron chi connectivity index (χ1n) is 5.67. The van der Waals surface area contributed by atoms with Crippen molar-refractivity contribution in [2.45, 2.75) is 26.8 Å². The van der Waals surface area contributed by atoms with Crippen molar-refractivity contribution in [1.29, 1.82) is 0 Å². The van der Waals surface area contributed by atoms with E-state index >= 15 is 0 Å². The van der Waals surface area contributed by atoms with Crippen LogP contribution < -0.4 is 4.72 Å². The van der Waals surface area contributed by atoms with E-state index in [4.69, 9.17) is 4.74 Å². The number of hydrogen-bond acceptors (Lipinski definition) is 4. The summed E-state index contributed by atoms with van der Waals surface area (Å²) in [5.41, 5.74) is 3.47. The van der Waals surface area contributed by atoms with Crippen LogP contribution in [0.4, 0.5) is 0 Å². The van der Waals surface area contributed by atoms with Gasteiger partial charge in [-0.15, -0.1) is 0 Å². The Morgan fingerprint density at radius 3 is 2.82 bits per heavy atom. The predicted molar refractivity (Wildman–Crippen MR) is 71.9 cm³/mol. The van der Waals surface area contributed by atoms with Gasteiger partial charge in [0.1, 0.15) is 0 Å². The summed E-state index contributed by atoms with van der Waals surface area (Å²) in [4.78, 5) is 11.3. The summed E-state index contributed by atoms with van der Waals surface area (Å²) in [7, 11) is 0. The molecule has 3 nitrogen and oxygen atoms in total.